The Balaban J connectivity index is 1.97. The Kier molecular flexibility index (Phi) is 4.62. The first kappa shape index (κ1) is 20.4. The molecular weight excluding hydrogens is 398 g/mol. The van der Waals surface area contributed by atoms with E-state index in [1.165, 1.54) is 12.1 Å². The van der Waals surface area contributed by atoms with E-state index in [1.54, 1.807) is 0 Å². The molecule has 2 atom stereocenters. The van der Waals surface area contributed by atoms with Gasteiger partial charge in [0.05, 0.1) is 11.1 Å². The minimum absolute atomic E-state index is 0.0426. The van der Waals surface area contributed by atoms with Crippen LogP contribution in [0.25, 0.3) is 10.9 Å². The van der Waals surface area contributed by atoms with Gasteiger partial charge in [0.1, 0.15) is 17.5 Å². The lowest BCUT2D eigenvalue weighted by atomic mass is 9.91. The number of pyridine rings is 1. The van der Waals surface area contributed by atoms with Crippen LogP contribution in [0.2, 0.25) is 0 Å². The number of ether oxygens (including phenoxy) is 1. The first-order valence-corrected chi connectivity index (χ1v) is 9.42. The van der Waals surface area contributed by atoms with Crippen LogP contribution in [-0.2, 0) is 17.1 Å². The van der Waals surface area contributed by atoms with Crippen LogP contribution in [0.4, 0.5) is 26.3 Å². The summed E-state index contributed by atoms with van der Waals surface area (Å²) < 4.78 is 87.1. The highest BCUT2D eigenvalue weighted by Crippen LogP contribution is 2.48. The number of benzene rings is 1. The molecule has 0 radical (unpaired) electrons. The molecule has 3 nitrogen and oxygen atoms in total. The van der Waals surface area contributed by atoms with Crippen LogP contribution in [-0.4, -0.2) is 28.2 Å². The van der Waals surface area contributed by atoms with Crippen LogP contribution < -0.4 is 0 Å². The fourth-order valence-electron chi connectivity index (χ4n) is 4.55. The molecule has 1 aromatic carbocycles. The van der Waals surface area contributed by atoms with Gasteiger partial charge in [0.25, 0.3) is 0 Å². The number of rotatable bonds is 1. The normalized spacial score (nSPS) is 25.4. The maximum absolute atomic E-state index is 13.5. The number of para-hydroxylation sites is 1. The van der Waals surface area contributed by atoms with E-state index >= 15 is 0 Å². The van der Waals surface area contributed by atoms with Crippen molar-refractivity contribution in [2.24, 2.45) is 0 Å². The van der Waals surface area contributed by atoms with Crippen LogP contribution in [0, 0.1) is 0 Å². The molecule has 0 saturated carbocycles. The van der Waals surface area contributed by atoms with Gasteiger partial charge < -0.3 is 4.74 Å². The van der Waals surface area contributed by atoms with Crippen LogP contribution in [0.15, 0.2) is 24.3 Å². The lowest BCUT2D eigenvalue weighted by molar-refractivity contribution is -0.142. The van der Waals surface area contributed by atoms with Crippen LogP contribution in [0.5, 0.6) is 0 Å². The van der Waals surface area contributed by atoms with E-state index in [0.29, 0.717) is 6.42 Å². The fraction of sp³-hybridized carbons (Fsp3) is 0.550. The predicted molar refractivity (Wildman–Crippen MR) is 94.0 cm³/mol. The van der Waals surface area contributed by atoms with Crippen LogP contribution in [0.3, 0.4) is 0 Å². The Morgan fingerprint density at radius 1 is 1.07 bits per heavy atom. The minimum Gasteiger partial charge on any atom is -0.351 e. The van der Waals surface area contributed by atoms with E-state index < -0.39 is 41.0 Å². The molecule has 0 spiro atoms. The van der Waals surface area contributed by atoms with Crippen molar-refractivity contribution in [3.8, 4) is 0 Å². The SMILES string of the molecule is CC1(C)OC(c2cc(C(F)(F)F)nc3c(C(F)(F)F)cccc23)C2CCCCN21. The van der Waals surface area contributed by atoms with Gasteiger partial charge in [0, 0.05) is 18.0 Å². The molecule has 0 N–H and O–H groups in total. The molecule has 2 fully saturated rings. The summed E-state index contributed by atoms with van der Waals surface area (Å²) in [7, 11) is 0. The third-order valence-electron chi connectivity index (χ3n) is 5.78. The van der Waals surface area contributed by atoms with Crippen molar-refractivity contribution in [1.82, 2.24) is 9.88 Å². The number of halogens is 6. The molecule has 2 aromatic rings. The van der Waals surface area contributed by atoms with Crippen molar-refractivity contribution in [2.75, 3.05) is 6.54 Å². The smallest absolute Gasteiger partial charge is 0.351 e. The molecule has 2 saturated heterocycles. The van der Waals surface area contributed by atoms with Gasteiger partial charge in [-0.05, 0) is 44.4 Å². The van der Waals surface area contributed by atoms with Crippen molar-refractivity contribution in [1.29, 1.82) is 0 Å². The maximum Gasteiger partial charge on any atom is 0.433 e. The second-order valence-electron chi connectivity index (χ2n) is 8.04. The van der Waals surface area contributed by atoms with Gasteiger partial charge in [-0.2, -0.15) is 26.3 Å². The maximum atomic E-state index is 13.5. The summed E-state index contributed by atoms with van der Waals surface area (Å²) >= 11 is 0. The second-order valence-corrected chi connectivity index (χ2v) is 8.04. The number of fused-ring (bicyclic) bond motifs is 2. The highest BCUT2D eigenvalue weighted by atomic mass is 19.4. The highest BCUT2D eigenvalue weighted by Gasteiger charge is 2.49. The molecule has 3 heterocycles. The van der Waals surface area contributed by atoms with E-state index in [9.17, 15) is 26.3 Å². The van der Waals surface area contributed by atoms with Crippen LogP contribution >= 0.6 is 0 Å². The molecule has 2 aliphatic rings. The standard InChI is InChI=1S/C20H20F6N2O/c1-18(2)28-9-4-3-8-14(28)17(29-18)12-10-15(20(24,25)26)27-16-11(12)6-5-7-13(16)19(21,22)23/h5-7,10,14,17H,3-4,8-9H2,1-2H3. The second kappa shape index (κ2) is 6.57. The molecule has 158 valence electrons. The summed E-state index contributed by atoms with van der Waals surface area (Å²) in [6.45, 7) is 4.40. The van der Waals surface area contributed by atoms with Gasteiger partial charge in [0.2, 0.25) is 0 Å². The fourth-order valence-corrected chi connectivity index (χ4v) is 4.55. The summed E-state index contributed by atoms with van der Waals surface area (Å²) in [6.07, 6.45) is -7.92. The number of piperidine rings is 1. The zero-order chi connectivity index (χ0) is 21.2. The molecule has 4 rings (SSSR count). The lowest BCUT2D eigenvalue weighted by Crippen LogP contribution is -2.46. The Bertz CT molecular complexity index is 937. The molecule has 0 amide bonds. The Morgan fingerprint density at radius 3 is 2.45 bits per heavy atom. The van der Waals surface area contributed by atoms with Gasteiger partial charge in [-0.1, -0.05) is 18.6 Å². The zero-order valence-corrected chi connectivity index (χ0v) is 15.9. The van der Waals surface area contributed by atoms with Crippen LogP contribution in [0.1, 0.15) is 56.0 Å². The summed E-state index contributed by atoms with van der Waals surface area (Å²) in [5.74, 6) is 0. The molecule has 0 bridgehead atoms. The van der Waals surface area contributed by atoms with E-state index in [2.05, 4.69) is 9.88 Å². The van der Waals surface area contributed by atoms with E-state index in [4.69, 9.17) is 4.74 Å². The molecule has 1 aromatic heterocycles. The zero-order valence-electron chi connectivity index (χ0n) is 15.9. The minimum atomic E-state index is -4.87. The monoisotopic (exact) mass is 418 g/mol. The van der Waals surface area contributed by atoms with E-state index in [0.717, 1.165) is 31.5 Å². The van der Waals surface area contributed by atoms with Crippen molar-refractivity contribution >= 4 is 10.9 Å². The van der Waals surface area contributed by atoms with E-state index in [-0.39, 0.29) is 17.0 Å². The summed E-state index contributed by atoms with van der Waals surface area (Å²) in [4.78, 5) is 5.46. The average Bonchev–Trinajstić information content (AvgIpc) is 2.90. The Hall–Kier alpha value is -1.87. The molecule has 29 heavy (non-hydrogen) atoms. The Morgan fingerprint density at radius 2 is 1.79 bits per heavy atom. The highest BCUT2D eigenvalue weighted by molar-refractivity contribution is 5.86. The summed E-state index contributed by atoms with van der Waals surface area (Å²) in [6, 6.07) is 3.99. The van der Waals surface area contributed by atoms with E-state index in [1.807, 2.05) is 13.8 Å². The molecule has 0 aliphatic carbocycles. The van der Waals surface area contributed by atoms with Crippen molar-refractivity contribution in [3.63, 3.8) is 0 Å². The first-order chi connectivity index (χ1) is 13.4. The number of nitrogens with zero attached hydrogens (tertiary/aromatic N) is 2. The summed E-state index contributed by atoms with van der Waals surface area (Å²) in [5, 5.41) is 0.0426. The number of hydrogen-bond donors (Lipinski definition) is 0. The number of aromatic nitrogens is 1. The molecule has 2 aliphatic heterocycles. The third-order valence-corrected chi connectivity index (χ3v) is 5.78. The topological polar surface area (TPSA) is 25.4 Å². The average molecular weight is 418 g/mol. The van der Waals surface area contributed by atoms with Gasteiger partial charge in [-0.15, -0.1) is 0 Å². The predicted octanol–water partition coefficient (Wildman–Crippen LogP) is 5.93. The molecular formula is C20H20F6N2O. The molecule has 9 heteroatoms. The van der Waals surface area contributed by atoms with Crippen molar-refractivity contribution in [2.45, 2.75) is 63.3 Å². The quantitative estimate of drug-likeness (QED) is 0.537. The van der Waals surface area contributed by atoms with Gasteiger partial charge in [-0.3, -0.25) is 4.90 Å². The number of alkyl halides is 6. The largest absolute Gasteiger partial charge is 0.433 e. The van der Waals surface area contributed by atoms with Crippen molar-refractivity contribution in [3.05, 3.63) is 41.1 Å². The van der Waals surface area contributed by atoms with Crippen molar-refractivity contribution < 1.29 is 31.1 Å². The lowest BCUT2D eigenvalue weighted by Gasteiger charge is -2.36. The molecule has 2 unspecified atom stereocenters. The summed E-state index contributed by atoms with van der Waals surface area (Å²) in [5.41, 5.74) is -3.82. The number of hydrogen-bond acceptors (Lipinski definition) is 3. The van der Waals surface area contributed by atoms with Gasteiger partial charge in [-0.25, -0.2) is 4.98 Å². The third kappa shape index (κ3) is 3.48. The van der Waals surface area contributed by atoms with Gasteiger partial charge >= 0.3 is 12.4 Å². The first-order valence-electron chi connectivity index (χ1n) is 9.42. The Labute approximate surface area is 163 Å². The van der Waals surface area contributed by atoms with Gasteiger partial charge in [0.15, 0.2) is 0 Å².